The maximum absolute atomic E-state index is 14.6. The first-order chi connectivity index (χ1) is 21.3. The van der Waals surface area contributed by atoms with Gasteiger partial charge in [-0.2, -0.15) is 44.4 Å². The Labute approximate surface area is 276 Å². The van der Waals surface area contributed by atoms with Gasteiger partial charge in [0.05, 0.1) is 33.1 Å². The maximum atomic E-state index is 14.6. The lowest BCUT2D eigenvalue weighted by molar-refractivity contribution is -0.137. The van der Waals surface area contributed by atoms with Crippen LogP contribution in [0.3, 0.4) is 0 Å². The molecule has 2 amide bonds. The molecular formula is C25H24Cl2F9N5O6S. The summed E-state index contributed by atoms with van der Waals surface area (Å²) in [7, 11) is -5.22. The van der Waals surface area contributed by atoms with Crippen molar-refractivity contribution in [1.29, 1.82) is 0 Å². The molecule has 0 N–H and O–H groups in total. The lowest BCUT2D eigenvalue weighted by atomic mass is 10.1. The van der Waals surface area contributed by atoms with Crippen molar-refractivity contribution in [3.8, 4) is 0 Å². The number of ether oxygens (including phenoxy) is 2. The molecule has 2 aliphatic heterocycles. The number of hydrazine groups is 1. The number of amides is 2. The largest absolute Gasteiger partial charge is 0.451 e. The summed E-state index contributed by atoms with van der Waals surface area (Å²) >= 11 is 12.2. The Kier molecular flexibility index (Phi) is 9.98. The number of carbonyl (C=O) groups excluding carboxylic acids is 2. The topological polar surface area (TPSA) is 121 Å². The van der Waals surface area contributed by atoms with Crippen molar-refractivity contribution in [3.63, 3.8) is 0 Å². The molecule has 0 radical (unpaired) electrons. The molecule has 2 heterocycles. The molecule has 1 aromatic rings. The van der Waals surface area contributed by atoms with Crippen LogP contribution in [-0.2, 0) is 25.7 Å². The number of nitrogens with zero attached hydrogens (tertiary/aromatic N) is 5. The number of rotatable bonds is 3. The van der Waals surface area contributed by atoms with E-state index in [9.17, 15) is 57.5 Å². The van der Waals surface area contributed by atoms with Gasteiger partial charge in [0.1, 0.15) is 11.2 Å². The van der Waals surface area contributed by atoms with E-state index in [0.717, 1.165) is 0 Å². The third kappa shape index (κ3) is 8.28. The Morgan fingerprint density at radius 2 is 1.25 bits per heavy atom. The van der Waals surface area contributed by atoms with E-state index in [1.165, 1.54) is 41.5 Å². The van der Waals surface area contributed by atoms with Gasteiger partial charge in [-0.3, -0.25) is 0 Å². The highest BCUT2D eigenvalue weighted by molar-refractivity contribution is 7.88. The number of halogens is 11. The van der Waals surface area contributed by atoms with Crippen LogP contribution in [0.1, 0.15) is 47.1 Å². The minimum Gasteiger partial charge on any atom is -0.443 e. The lowest BCUT2D eigenvalue weighted by Crippen LogP contribution is -2.52. The van der Waals surface area contributed by atoms with Crippen LogP contribution in [0.5, 0.6) is 0 Å². The second kappa shape index (κ2) is 12.2. The summed E-state index contributed by atoms with van der Waals surface area (Å²) in [5.41, 5.74) is -9.98. The Bertz CT molecular complexity index is 1680. The molecule has 11 nitrogen and oxygen atoms in total. The molecule has 2 aliphatic rings. The molecule has 0 aliphatic carbocycles. The highest BCUT2D eigenvalue weighted by Gasteiger charge is 2.60. The van der Waals surface area contributed by atoms with Gasteiger partial charge in [0.15, 0.2) is 17.7 Å². The van der Waals surface area contributed by atoms with Gasteiger partial charge in [0.25, 0.3) is 0 Å². The summed E-state index contributed by atoms with van der Waals surface area (Å²) in [6.45, 7) is 7.42. The number of hydrogen-bond acceptors (Lipinski definition) is 9. The van der Waals surface area contributed by atoms with Crippen molar-refractivity contribution < 1.29 is 67.0 Å². The monoisotopic (exact) mass is 763 g/mol. The number of sulfonamides is 1. The average Bonchev–Trinajstić information content (AvgIpc) is 3.13. The third-order valence-electron chi connectivity index (χ3n) is 5.61. The van der Waals surface area contributed by atoms with Crippen LogP contribution >= 0.6 is 23.2 Å². The standard InChI is InChI=1S/C25H24Cl2F9N5O6S/c1-21(2,3)46-19(42)39(20(43)47-22(4,5)6)17-13-15(24(31,32)33)37-18(25(34,35)36)38-16(13)41(48(7,44)45)40(17)14-11(26)8-10(9-12(14)27)23(28,29)30/h8-9,16H,1-7H3. The number of hydrogen-bond donors (Lipinski definition) is 0. The number of anilines is 1. The van der Waals surface area contributed by atoms with E-state index in [4.69, 9.17) is 32.7 Å². The van der Waals surface area contributed by atoms with E-state index < -0.39 is 102 Å². The van der Waals surface area contributed by atoms with Crippen molar-refractivity contribution >= 4 is 62.6 Å². The number of alkyl halides is 9. The molecule has 1 atom stereocenters. The number of amidine groups is 1. The molecule has 0 saturated heterocycles. The molecule has 0 spiro atoms. The summed E-state index contributed by atoms with van der Waals surface area (Å²) in [4.78, 5) is 32.6. The maximum Gasteiger partial charge on any atom is 0.451 e. The summed E-state index contributed by atoms with van der Waals surface area (Å²) in [6, 6.07) is 0.309. The number of benzene rings is 1. The second-order valence-electron chi connectivity index (χ2n) is 11.9. The molecule has 48 heavy (non-hydrogen) atoms. The molecular weight excluding hydrogens is 740 g/mol. The van der Waals surface area contributed by atoms with E-state index in [2.05, 4.69) is 9.98 Å². The van der Waals surface area contributed by atoms with Crippen LogP contribution in [0.4, 0.5) is 54.8 Å². The van der Waals surface area contributed by atoms with E-state index >= 15 is 0 Å². The van der Waals surface area contributed by atoms with E-state index in [-0.39, 0.29) is 32.7 Å². The fourth-order valence-electron chi connectivity index (χ4n) is 4.09. The molecule has 0 saturated carbocycles. The Hall–Kier alpha value is -3.30. The highest BCUT2D eigenvalue weighted by atomic mass is 35.5. The van der Waals surface area contributed by atoms with Crippen molar-refractivity contribution in [2.75, 3.05) is 11.3 Å². The molecule has 0 bridgehead atoms. The summed E-state index contributed by atoms with van der Waals surface area (Å²) in [5, 5.41) is -2.38. The molecule has 0 fully saturated rings. The van der Waals surface area contributed by atoms with Gasteiger partial charge in [-0.15, -0.1) is 0 Å². The zero-order valence-electron chi connectivity index (χ0n) is 25.5. The van der Waals surface area contributed by atoms with Crippen molar-refractivity contribution in [2.45, 2.75) is 77.4 Å². The van der Waals surface area contributed by atoms with Gasteiger partial charge in [-0.1, -0.05) is 27.6 Å². The van der Waals surface area contributed by atoms with Crippen molar-refractivity contribution in [2.24, 2.45) is 9.98 Å². The van der Waals surface area contributed by atoms with Crippen LogP contribution in [-0.4, -0.2) is 77.4 Å². The minimum absolute atomic E-state index is 0.0714. The lowest BCUT2D eigenvalue weighted by Gasteiger charge is -2.36. The Balaban J connectivity index is 2.67. The van der Waals surface area contributed by atoms with E-state index in [1.807, 2.05) is 0 Å². The number of aliphatic imine (C=N–C) groups is 2. The molecule has 0 aromatic heterocycles. The Morgan fingerprint density at radius 1 is 0.812 bits per heavy atom. The predicted molar refractivity (Wildman–Crippen MR) is 153 cm³/mol. The molecule has 3 rings (SSSR count). The SMILES string of the molecule is CC(C)(C)OC(=O)N(C(=O)OC(C)(C)C)C1=C2C(C(F)(F)F)=NC(C(F)(F)F)=NC2N(S(C)(=O)=O)N1c1c(Cl)cc(C(F)(F)F)cc1Cl. The van der Waals surface area contributed by atoms with Gasteiger partial charge in [-0.05, 0) is 53.7 Å². The number of carbonyl (C=O) groups is 2. The van der Waals surface area contributed by atoms with Gasteiger partial charge in [-0.25, -0.2) is 33.0 Å². The van der Waals surface area contributed by atoms with Gasteiger partial charge in [0, 0.05) is 0 Å². The van der Waals surface area contributed by atoms with Gasteiger partial charge >= 0.3 is 30.7 Å². The molecule has 1 unspecified atom stereocenters. The van der Waals surface area contributed by atoms with Crippen LogP contribution in [0.15, 0.2) is 33.5 Å². The fraction of sp³-hybridized carbons (Fsp3) is 0.520. The van der Waals surface area contributed by atoms with Gasteiger partial charge < -0.3 is 9.47 Å². The second-order valence-corrected chi connectivity index (χ2v) is 14.6. The smallest absolute Gasteiger partial charge is 0.443 e. The first-order valence-electron chi connectivity index (χ1n) is 12.9. The first-order valence-corrected chi connectivity index (χ1v) is 15.5. The van der Waals surface area contributed by atoms with Crippen LogP contribution in [0.25, 0.3) is 0 Å². The molecule has 268 valence electrons. The Morgan fingerprint density at radius 3 is 1.58 bits per heavy atom. The molecule has 23 heteroatoms. The fourth-order valence-corrected chi connectivity index (χ4v) is 5.71. The predicted octanol–water partition coefficient (Wildman–Crippen LogP) is 7.70. The zero-order valence-corrected chi connectivity index (χ0v) is 27.8. The number of fused-ring (bicyclic) bond motifs is 1. The average molecular weight is 764 g/mol. The highest BCUT2D eigenvalue weighted by Crippen LogP contribution is 2.49. The normalized spacial score (nSPS) is 18.4. The van der Waals surface area contributed by atoms with Crippen LogP contribution in [0.2, 0.25) is 10.0 Å². The van der Waals surface area contributed by atoms with Crippen LogP contribution in [0, 0.1) is 0 Å². The first kappa shape index (κ1) is 39.1. The number of imide groups is 1. The van der Waals surface area contributed by atoms with Gasteiger partial charge in [0.2, 0.25) is 15.9 Å². The van der Waals surface area contributed by atoms with E-state index in [1.54, 1.807) is 0 Å². The summed E-state index contributed by atoms with van der Waals surface area (Å²) in [5.74, 6) is -4.09. The minimum atomic E-state index is -5.90. The zero-order chi connectivity index (χ0) is 37.3. The summed E-state index contributed by atoms with van der Waals surface area (Å²) in [6.07, 6.45) is -23.3. The van der Waals surface area contributed by atoms with Crippen molar-refractivity contribution in [3.05, 3.63) is 39.1 Å². The van der Waals surface area contributed by atoms with Crippen molar-refractivity contribution in [1.82, 2.24) is 9.31 Å². The molecule has 1 aromatic carbocycles. The van der Waals surface area contributed by atoms with Crippen LogP contribution < -0.4 is 5.01 Å². The summed E-state index contributed by atoms with van der Waals surface area (Å²) < 4.78 is 163. The third-order valence-corrected chi connectivity index (χ3v) is 7.22. The van der Waals surface area contributed by atoms with E-state index in [0.29, 0.717) is 0 Å². The quantitative estimate of drug-likeness (QED) is 0.290.